The van der Waals surface area contributed by atoms with E-state index < -0.39 is 0 Å². The largest absolute Gasteiger partial charge is 0.462 e. The molecule has 0 saturated carbocycles. The number of carbonyl (C=O) groups excluding carboxylic acids is 1. The lowest BCUT2D eigenvalue weighted by Gasteiger charge is -2.30. The number of benzene rings is 1. The topological polar surface area (TPSA) is 54.0 Å². The van der Waals surface area contributed by atoms with Gasteiger partial charge in [0.1, 0.15) is 5.60 Å². The van der Waals surface area contributed by atoms with Gasteiger partial charge in [0.15, 0.2) is 0 Å². The molecule has 26 heavy (non-hydrogen) atoms. The fraction of sp³-hybridized carbons (Fsp3) is 0.650. The maximum atomic E-state index is 9.60. The standard InChI is InChI=1S/C15H23N3O.C5H10O2/c1-3-15(18-7-5-16-6-8-18)4-2-14(1)13-17-9-11-19-12-10-17;1-5(2,3)7-4-6/h1-4,16H,5-13H2;4H,1-3H3. The number of hydrogen-bond donors (Lipinski definition) is 1. The quantitative estimate of drug-likeness (QED) is 0.825. The van der Waals surface area contributed by atoms with Gasteiger partial charge in [-0.3, -0.25) is 9.69 Å². The molecule has 0 unspecified atom stereocenters. The van der Waals surface area contributed by atoms with Crippen molar-refractivity contribution in [2.75, 3.05) is 57.4 Å². The number of morpholine rings is 1. The van der Waals surface area contributed by atoms with E-state index in [0.29, 0.717) is 6.47 Å². The lowest BCUT2D eigenvalue weighted by Crippen LogP contribution is -2.43. The second kappa shape index (κ2) is 10.5. The van der Waals surface area contributed by atoms with Crippen LogP contribution >= 0.6 is 0 Å². The molecule has 2 aliphatic heterocycles. The summed E-state index contributed by atoms with van der Waals surface area (Å²) in [5.74, 6) is 0. The first-order valence-corrected chi connectivity index (χ1v) is 9.44. The van der Waals surface area contributed by atoms with Crippen molar-refractivity contribution < 1.29 is 14.3 Å². The van der Waals surface area contributed by atoms with Crippen LogP contribution in [-0.2, 0) is 20.8 Å². The number of ether oxygens (including phenoxy) is 2. The Labute approximate surface area is 157 Å². The third kappa shape index (κ3) is 7.72. The molecule has 2 aliphatic rings. The Morgan fingerprint density at radius 1 is 1.08 bits per heavy atom. The lowest BCUT2D eigenvalue weighted by molar-refractivity contribution is -0.138. The van der Waals surface area contributed by atoms with Crippen LogP contribution in [-0.4, -0.2) is 69.5 Å². The summed E-state index contributed by atoms with van der Waals surface area (Å²) >= 11 is 0. The molecule has 2 saturated heterocycles. The van der Waals surface area contributed by atoms with Crippen molar-refractivity contribution in [3.05, 3.63) is 29.8 Å². The van der Waals surface area contributed by atoms with Gasteiger partial charge in [-0.25, -0.2) is 0 Å². The van der Waals surface area contributed by atoms with Crippen LogP contribution < -0.4 is 10.2 Å². The smallest absolute Gasteiger partial charge is 0.293 e. The molecule has 2 heterocycles. The fourth-order valence-electron chi connectivity index (χ4n) is 2.90. The predicted octanol–water partition coefficient (Wildman–Crippen LogP) is 1.89. The van der Waals surface area contributed by atoms with Gasteiger partial charge in [-0.1, -0.05) is 12.1 Å². The SMILES string of the molecule is CC(C)(C)OC=O.c1cc(N2CCNCC2)ccc1CN1CCOCC1. The van der Waals surface area contributed by atoms with E-state index in [2.05, 4.69) is 44.1 Å². The minimum Gasteiger partial charge on any atom is -0.462 e. The summed E-state index contributed by atoms with van der Waals surface area (Å²) in [6.45, 7) is 15.2. The van der Waals surface area contributed by atoms with Crippen molar-refractivity contribution in [1.82, 2.24) is 10.2 Å². The predicted molar refractivity (Wildman–Crippen MR) is 105 cm³/mol. The molecule has 1 N–H and O–H groups in total. The van der Waals surface area contributed by atoms with E-state index in [1.54, 1.807) is 0 Å². The molecule has 2 fully saturated rings. The summed E-state index contributed by atoms with van der Waals surface area (Å²) in [4.78, 5) is 14.5. The highest BCUT2D eigenvalue weighted by molar-refractivity contribution is 5.48. The number of carbonyl (C=O) groups is 1. The molecule has 0 bridgehead atoms. The third-order valence-electron chi connectivity index (χ3n) is 4.33. The zero-order chi connectivity index (χ0) is 18.8. The first-order valence-electron chi connectivity index (χ1n) is 9.44. The Kier molecular flexibility index (Phi) is 8.35. The highest BCUT2D eigenvalue weighted by Gasteiger charge is 2.12. The van der Waals surface area contributed by atoms with Gasteiger partial charge >= 0.3 is 0 Å². The number of nitrogens with one attached hydrogen (secondary N) is 1. The van der Waals surface area contributed by atoms with Gasteiger partial charge < -0.3 is 19.7 Å². The summed E-state index contributed by atoms with van der Waals surface area (Å²) in [5.41, 5.74) is 2.44. The maximum Gasteiger partial charge on any atom is 0.293 e. The first-order chi connectivity index (χ1) is 12.5. The molecule has 0 radical (unpaired) electrons. The van der Waals surface area contributed by atoms with Gasteiger partial charge in [0, 0.05) is 51.5 Å². The van der Waals surface area contributed by atoms with Gasteiger partial charge in [-0.15, -0.1) is 0 Å². The molecule has 0 aromatic heterocycles. The van der Waals surface area contributed by atoms with Crippen LogP contribution in [0.25, 0.3) is 0 Å². The van der Waals surface area contributed by atoms with Crippen molar-refractivity contribution >= 4 is 12.2 Å². The van der Waals surface area contributed by atoms with E-state index in [4.69, 9.17) is 4.74 Å². The lowest BCUT2D eigenvalue weighted by atomic mass is 10.1. The molecule has 1 aromatic rings. The van der Waals surface area contributed by atoms with Crippen LogP contribution in [0.5, 0.6) is 0 Å². The van der Waals surface area contributed by atoms with Crippen molar-refractivity contribution in [2.24, 2.45) is 0 Å². The van der Waals surface area contributed by atoms with E-state index in [9.17, 15) is 4.79 Å². The molecular formula is C20H33N3O3. The molecule has 3 rings (SSSR count). The van der Waals surface area contributed by atoms with Gasteiger partial charge in [0.25, 0.3) is 6.47 Å². The molecule has 0 amide bonds. The van der Waals surface area contributed by atoms with Gasteiger partial charge in [0.05, 0.1) is 13.2 Å². The van der Waals surface area contributed by atoms with Crippen molar-refractivity contribution in [1.29, 1.82) is 0 Å². The summed E-state index contributed by atoms with van der Waals surface area (Å²) in [7, 11) is 0. The van der Waals surface area contributed by atoms with Crippen LogP contribution in [0.2, 0.25) is 0 Å². The summed E-state index contributed by atoms with van der Waals surface area (Å²) in [6, 6.07) is 9.07. The zero-order valence-electron chi connectivity index (χ0n) is 16.4. The molecule has 6 heteroatoms. The van der Waals surface area contributed by atoms with E-state index in [0.717, 1.165) is 59.0 Å². The Morgan fingerprint density at radius 3 is 2.19 bits per heavy atom. The average molecular weight is 364 g/mol. The second-order valence-electron chi connectivity index (χ2n) is 7.62. The van der Waals surface area contributed by atoms with Crippen LogP contribution in [0.1, 0.15) is 26.3 Å². The molecule has 6 nitrogen and oxygen atoms in total. The average Bonchev–Trinajstić information content (AvgIpc) is 2.64. The van der Waals surface area contributed by atoms with E-state index in [1.807, 2.05) is 20.8 Å². The van der Waals surface area contributed by atoms with E-state index in [1.165, 1.54) is 11.3 Å². The van der Waals surface area contributed by atoms with Gasteiger partial charge in [0.2, 0.25) is 0 Å². The zero-order valence-corrected chi connectivity index (χ0v) is 16.4. The summed E-state index contributed by atoms with van der Waals surface area (Å²) in [6.07, 6.45) is 0. The Morgan fingerprint density at radius 2 is 1.69 bits per heavy atom. The minimum atomic E-state index is -0.318. The highest BCUT2D eigenvalue weighted by atomic mass is 16.5. The summed E-state index contributed by atoms with van der Waals surface area (Å²) in [5, 5.41) is 3.39. The highest BCUT2D eigenvalue weighted by Crippen LogP contribution is 2.17. The van der Waals surface area contributed by atoms with E-state index in [-0.39, 0.29) is 5.60 Å². The number of hydrogen-bond acceptors (Lipinski definition) is 6. The third-order valence-corrected chi connectivity index (χ3v) is 4.33. The fourth-order valence-corrected chi connectivity index (χ4v) is 2.90. The van der Waals surface area contributed by atoms with Crippen LogP contribution in [0.3, 0.4) is 0 Å². The molecular weight excluding hydrogens is 330 g/mol. The van der Waals surface area contributed by atoms with Crippen molar-refractivity contribution in [3.8, 4) is 0 Å². The maximum absolute atomic E-state index is 9.60. The molecule has 1 aromatic carbocycles. The normalized spacial score (nSPS) is 18.7. The van der Waals surface area contributed by atoms with Gasteiger partial charge in [-0.05, 0) is 38.5 Å². The van der Waals surface area contributed by atoms with Gasteiger partial charge in [-0.2, -0.15) is 0 Å². The second-order valence-corrected chi connectivity index (χ2v) is 7.62. The Balaban J connectivity index is 0.000000298. The number of nitrogens with zero attached hydrogens (tertiary/aromatic N) is 2. The molecule has 0 aliphatic carbocycles. The van der Waals surface area contributed by atoms with Crippen molar-refractivity contribution in [3.63, 3.8) is 0 Å². The Bertz CT molecular complexity index is 516. The molecule has 0 atom stereocenters. The minimum absolute atomic E-state index is 0.318. The van der Waals surface area contributed by atoms with E-state index >= 15 is 0 Å². The molecule has 146 valence electrons. The van der Waals surface area contributed by atoms with Crippen LogP contribution in [0, 0.1) is 0 Å². The monoisotopic (exact) mass is 363 g/mol. The number of piperazine rings is 1. The summed E-state index contributed by atoms with van der Waals surface area (Å²) < 4.78 is 9.93. The van der Waals surface area contributed by atoms with Crippen LogP contribution in [0.15, 0.2) is 24.3 Å². The Hall–Kier alpha value is -1.63. The first kappa shape index (κ1) is 20.7. The number of rotatable bonds is 4. The molecule has 0 spiro atoms. The number of anilines is 1. The van der Waals surface area contributed by atoms with Crippen molar-refractivity contribution in [2.45, 2.75) is 32.9 Å². The van der Waals surface area contributed by atoms with Crippen LogP contribution in [0.4, 0.5) is 5.69 Å².